The Bertz CT molecular complexity index is 678. The molecule has 1 aromatic carbocycles. The second-order valence-corrected chi connectivity index (χ2v) is 8.34. The van der Waals surface area contributed by atoms with E-state index in [2.05, 4.69) is 28.5 Å². The summed E-state index contributed by atoms with van der Waals surface area (Å²) in [4.78, 5) is 16.4. The van der Waals surface area contributed by atoms with Gasteiger partial charge in [-0.2, -0.15) is 0 Å². The fourth-order valence-electron chi connectivity index (χ4n) is 4.11. The molecule has 0 spiro atoms. The lowest BCUT2D eigenvalue weighted by molar-refractivity contribution is -0.117. The van der Waals surface area contributed by atoms with Crippen molar-refractivity contribution in [2.75, 3.05) is 42.9 Å². The van der Waals surface area contributed by atoms with Gasteiger partial charge in [-0.05, 0) is 87.6 Å². The van der Waals surface area contributed by atoms with Gasteiger partial charge >= 0.3 is 0 Å². The summed E-state index contributed by atoms with van der Waals surface area (Å²) in [5.74, 6) is 1.05. The third-order valence-electron chi connectivity index (χ3n) is 5.50. The predicted octanol–water partition coefficient (Wildman–Crippen LogP) is 3.53. The number of likely N-dealkylation sites (tertiary alicyclic amines) is 1. The van der Waals surface area contributed by atoms with Crippen LogP contribution in [0, 0.1) is 12.8 Å². The van der Waals surface area contributed by atoms with Crippen LogP contribution < -0.4 is 15.5 Å². The molecule has 2 aliphatic heterocycles. The lowest BCUT2D eigenvalue weighted by Crippen LogP contribution is -2.37. The molecule has 148 valence electrons. The van der Waals surface area contributed by atoms with Crippen molar-refractivity contribution in [1.29, 1.82) is 0 Å². The smallest absolute Gasteiger partial charge is 0.227 e. The number of nitrogens with zero attached hydrogens (tertiary/aromatic N) is 2. The van der Waals surface area contributed by atoms with Gasteiger partial charge in [-0.15, -0.1) is 0 Å². The molecule has 5 nitrogen and oxygen atoms in total. The molecular weight excluding hydrogens is 356 g/mol. The molecule has 0 unspecified atom stereocenters. The van der Waals surface area contributed by atoms with E-state index in [1.165, 1.54) is 25.9 Å². The Morgan fingerprint density at radius 2 is 2.15 bits per heavy atom. The third kappa shape index (κ3) is 5.66. The molecule has 2 heterocycles. The van der Waals surface area contributed by atoms with Crippen LogP contribution in [0.2, 0.25) is 0 Å². The number of benzene rings is 1. The number of nitrogens with one attached hydrogen (secondary N) is 2. The standard InChI is InChI=1S/C21H32N4OS/c1-16-6-3-11-24(15-16)12-5-10-22-21(27)23-18-8-9-19(17(2)14-18)25-13-4-7-20(25)26/h8-9,14,16H,3-7,10-13,15H2,1-2H3,(H2,22,23,27)/t16-/m1/s1. The summed E-state index contributed by atoms with van der Waals surface area (Å²) >= 11 is 5.43. The minimum Gasteiger partial charge on any atom is -0.362 e. The van der Waals surface area contributed by atoms with Crippen molar-refractivity contribution in [3.63, 3.8) is 0 Å². The average Bonchev–Trinajstić information content (AvgIpc) is 3.05. The summed E-state index contributed by atoms with van der Waals surface area (Å²) in [5.41, 5.74) is 3.07. The van der Waals surface area contributed by atoms with Crippen LogP contribution in [0.3, 0.4) is 0 Å². The number of aryl methyl sites for hydroxylation is 1. The summed E-state index contributed by atoms with van der Waals surface area (Å²) in [6, 6.07) is 6.07. The molecule has 6 heteroatoms. The second-order valence-electron chi connectivity index (χ2n) is 7.93. The Kier molecular flexibility index (Phi) is 7.07. The van der Waals surface area contributed by atoms with Gasteiger partial charge in [-0.3, -0.25) is 4.79 Å². The molecule has 1 amide bonds. The first-order valence-electron chi connectivity index (χ1n) is 10.2. The third-order valence-corrected chi connectivity index (χ3v) is 5.74. The maximum Gasteiger partial charge on any atom is 0.227 e. The van der Waals surface area contributed by atoms with Crippen LogP contribution in [0.25, 0.3) is 0 Å². The first-order chi connectivity index (χ1) is 13.0. The van der Waals surface area contributed by atoms with E-state index in [-0.39, 0.29) is 5.91 Å². The topological polar surface area (TPSA) is 47.6 Å². The number of thiocarbonyl (C=S) groups is 1. The van der Waals surface area contributed by atoms with E-state index in [1.807, 2.05) is 24.0 Å². The monoisotopic (exact) mass is 388 g/mol. The van der Waals surface area contributed by atoms with Gasteiger partial charge in [0.25, 0.3) is 0 Å². The highest BCUT2D eigenvalue weighted by Crippen LogP contribution is 2.27. The van der Waals surface area contributed by atoms with Crippen molar-refractivity contribution in [2.45, 2.75) is 46.0 Å². The lowest BCUT2D eigenvalue weighted by atomic mass is 10.0. The minimum atomic E-state index is 0.221. The van der Waals surface area contributed by atoms with E-state index in [1.54, 1.807) is 0 Å². The van der Waals surface area contributed by atoms with Crippen LogP contribution >= 0.6 is 12.2 Å². The van der Waals surface area contributed by atoms with Crippen LogP contribution in [0.4, 0.5) is 11.4 Å². The molecule has 2 N–H and O–H groups in total. The largest absolute Gasteiger partial charge is 0.362 e. The minimum absolute atomic E-state index is 0.221. The molecular formula is C21H32N4OS. The number of piperidine rings is 1. The highest BCUT2D eigenvalue weighted by atomic mass is 32.1. The van der Waals surface area contributed by atoms with Gasteiger partial charge in [0, 0.05) is 37.4 Å². The van der Waals surface area contributed by atoms with E-state index < -0.39 is 0 Å². The number of carbonyl (C=O) groups excluding carboxylic acids is 1. The zero-order chi connectivity index (χ0) is 19.2. The van der Waals surface area contributed by atoms with Crippen LogP contribution in [0.15, 0.2) is 18.2 Å². The van der Waals surface area contributed by atoms with Crippen LogP contribution in [-0.2, 0) is 4.79 Å². The summed E-state index contributed by atoms with van der Waals surface area (Å²) in [6.07, 6.45) is 5.40. The summed E-state index contributed by atoms with van der Waals surface area (Å²) in [6.45, 7) is 9.69. The van der Waals surface area contributed by atoms with Gasteiger partial charge in [0.2, 0.25) is 5.91 Å². The Balaban J connectivity index is 1.41. The van der Waals surface area contributed by atoms with Crippen molar-refractivity contribution >= 4 is 34.6 Å². The first-order valence-corrected chi connectivity index (χ1v) is 10.6. The zero-order valence-electron chi connectivity index (χ0n) is 16.6. The van der Waals surface area contributed by atoms with Crippen molar-refractivity contribution in [3.05, 3.63) is 23.8 Å². The van der Waals surface area contributed by atoms with E-state index in [9.17, 15) is 4.79 Å². The molecule has 2 saturated heterocycles. The van der Waals surface area contributed by atoms with E-state index >= 15 is 0 Å². The molecule has 0 aliphatic carbocycles. The Labute approximate surface area is 168 Å². The van der Waals surface area contributed by atoms with Gasteiger partial charge in [-0.25, -0.2) is 0 Å². The van der Waals surface area contributed by atoms with E-state index in [0.717, 1.165) is 55.3 Å². The van der Waals surface area contributed by atoms with Crippen molar-refractivity contribution in [1.82, 2.24) is 10.2 Å². The average molecular weight is 389 g/mol. The number of hydrogen-bond acceptors (Lipinski definition) is 3. The SMILES string of the molecule is Cc1cc(NC(=S)NCCCN2CCC[C@@H](C)C2)ccc1N1CCCC1=O. The first kappa shape index (κ1) is 20.1. The Hall–Kier alpha value is -1.66. The van der Waals surface area contributed by atoms with E-state index in [0.29, 0.717) is 11.5 Å². The maximum atomic E-state index is 11.9. The summed E-state index contributed by atoms with van der Waals surface area (Å²) in [7, 11) is 0. The van der Waals surface area contributed by atoms with Crippen molar-refractivity contribution in [3.8, 4) is 0 Å². The number of amides is 1. The highest BCUT2D eigenvalue weighted by Gasteiger charge is 2.23. The summed E-state index contributed by atoms with van der Waals surface area (Å²) < 4.78 is 0. The van der Waals surface area contributed by atoms with Gasteiger partial charge < -0.3 is 20.4 Å². The lowest BCUT2D eigenvalue weighted by Gasteiger charge is -2.30. The van der Waals surface area contributed by atoms with Crippen molar-refractivity contribution < 1.29 is 4.79 Å². The molecule has 2 fully saturated rings. The molecule has 27 heavy (non-hydrogen) atoms. The molecule has 0 radical (unpaired) electrons. The molecule has 0 bridgehead atoms. The fourth-order valence-corrected chi connectivity index (χ4v) is 4.33. The Morgan fingerprint density at radius 1 is 1.30 bits per heavy atom. The molecule has 3 rings (SSSR count). The molecule has 0 saturated carbocycles. The van der Waals surface area contributed by atoms with E-state index in [4.69, 9.17) is 12.2 Å². The normalized spacial score (nSPS) is 20.7. The van der Waals surface area contributed by atoms with Gasteiger partial charge in [0.1, 0.15) is 0 Å². The van der Waals surface area contributed by atoms with Crippen molar-refractivity contribution in [2.24, 2.45) is 5.92 Å². The molecule has 0 aromatic heterocycles. The van der Waals surface area contributed by atoms with Crippen LogP contribution in [-0.4, -0.2) is 48.6 Å². The fraction of sp³-hybridized carbons (Fsp3) is 0.619. The van der Waals surface area contributed by atoms with Crippen LogP contribution in [0.1, 0.15) is 44.6 Å². The Morgan fingerprint density at radius 3 is 2.85 bits per heavy atom. The number of rotatable bonds is 6. The van der Waals surface area contributed by atoms with Gasteiger partial charge in [-0.1, -0.05) is 6.92 Å². The predicted molar refractivity (Wildman–Crippen MR) is 116 cm³/mol. The molecule has 1 aromatic rings. The van der Waals surface area contributed by atoms with Gasteiger partial charge in [0.15, 0.2) is 5.11 Å². The second kappa shape index (κ2) is 9.51. The van der Waals surface area contributed by atoms with Crippen LogP contribution in [0.5, 0.6) is 0 Å². The highest BCUT2D eigenvalue weighted by molar-refractivity contribution is 7.80. The number of hydrogen-bond donors (Lipinski definition) is 2. The molecule has 1 atom stereocenters. The summed E-state index contributed by atoms with van der Waals surface area (Å²) in [5, 5.41) is 7.23. The van der Waals surface area contributed by atoms with Gasteiger partial charge in [0.05, 0.1) is 0 Å². The number of anilines is 2. The molecule has 2 aliphatic rings. The zero-order valence-corrected chi connectivity index (χ0v) is 17.4. The number of carbonyl (C=O) groups is 1. The quantitative estimate of drug-likeness (QED) is 0.577. The maximum absolute atomic E-state index is 11.9.